The Morgan fingerprint density at radius 2 is 2.09 bits per heavy atom. The van der Waals surface area contributed by atoms with Gasteiger partial charge in [-0.25, -0.2) is 0 Å². The summed E-state index contributed by atoms with van der Waals surface area (Å²) in [6, 6.07) is 0. The van der Waals surface area contributed by atoms with Gasteiger partial charge in [0.2, 0.25) is 0 Å². The first-order chi connectivity index (χ1) is 5.03. The van der Waals surface area contributed by atoms with Crippen LogP contribution in [0.2, 0.25) is 0 Å². The summed E-state index contributed by atoms with van der Waals surface area (Å²) in [4.78, 5) is 0. The average molecular weight is 154 g/mol. The van der Waals surface area contributed by atoms with Gasteiger partial charge in [-0.2, -0.15) is 0 Å². The first kappa shape index (κ1) is 8.58. The van der Waals surface area contributed by atoms with Gasteiger partial charge in [0, 0.05) is 6.42 Å². The summed E-state index contributed by atoms with van der Waals surface area (Å²) in [6.07, 6.45) is 6.15. The van der Waals surface area contributed by atoms with Gasteiger partial charge in [-0.3, -0.25) is 0 Å². The molecule has 11 heavy (non-hydrogen) atoms. The molecule has 0 aromatic heterocycles. The lowest BCUT2D eigenvalue weighted by atomic mass is 10.1. The third-order valence-corrected chi connectivity index (χ3v) is 1.64. The van der Waals surface area contributed by atoms with E-state index in [4.69, 9.17) is 15.9 Å². The molecule has 1 aliphatic rings. The molecule has 1 saturated heterocycles. The van der Waals surface area contributed by atoms with Crippen molar-refractivity contribution in [3.8, 4) is 12.3 Å². The molecule has 0 spiro atoms. The second-order valence-electron chi connectivity index (χ2n) is 3.34. The van der Waals surface area contributed by atoms with Crippen LogP contribution in [0, 0.1) is 12.3 Å². The van der Waals surface area contributed by atoms with Crippen LogP contribution in [-0.2, 0) is 9.47 Å². The Morgan fingerprint density at radius 1 is 1.45 bits per heavy atom. The van der Waals surface area contributed by atoms with Crippen molar-refractivity contribution in [3.05, 3.63) is 0 Å². The Labute approximate surface area is 67.9 Å². The van der Waals surface area contributed by atoms with E-state index in [1.54, 1.807) is 0 Å². The lowest BCUT2D eigenvalue weighted by Crippen LogP contribution is -2.42. The van der Waals surface area contributed by atoms with Crippen LogP contribution >= 0.6 is 0 Å². The summed E-state index contributed by atoms with van der Waals surface area (Å²) in [5, 5.41) is 0. The first-order valence-corrected chi connectivity index (χ1v) is 3.85. The van der Waals surface area contributed by atoms with E-state index in [-0.39, 0.29) is 12.2 Å². The van der Waals surface area contributed by atoms with Crippen LogP contribution in [0.25, 0.3) is 0 Å². The highest BCUT2D eigenvalue weighted by molar-refractivity contribution is 4.97. The SMILES string of the molecule is C#C[C@@H]1C[C@@H](C)OC(C)(C)O1. The van der Waals surface area contributed by atoms with E-state index in [1.807, 2.05) is 20.8 Å². The van der Waals surface area contributed by atoms with E-state index in [0.29, 0.717) is 0 Å². The minimum atomic E-state index is -0.519. The third kappa shape index (κ3) is 2.21. The second-order valence-corrected chi connectivity index (χ2v) is 3.34. The molecule has 0 unspecified atom stereocenters. The van der Waals surface area contributed by atoms with Crippen molar-refractivity contribution in [1.29, 1.82) is 0 Å². The minimum Gasteiger partial charge on any atom is -0.347 e. The zero-order valence-electron chi connectivity index (χ0n) is 7.26. The topological polar surface area (TPSA) is 18.5 Å². The van der Waals surface area contributed by atoms with Gasteiger partial charge in [0.25, 0.3) is 0 Å². The van der Waals surface area contributed by atoms with Gasteiger partial charge in [0.1, 0.15) is 6.10 Å². The average Bonchev–Trinajstić information content (AvgIpc) is 1.83. The minimum absolute atomic E-state index is 0.0891. The fourth-order valence-corrected chi connectivity index (χ4v) is 1.35. The number of terminal acetylenes is 1. The molecule has 0 amide bonds. The van der Waals surface area contributed by atoms with E-state index in [2.05, 4.69) is 5.92 Å². The summed E-state index contributed by atoms with van der Waals surface area (Å²) in [6.45, 7) is 5.77. The van der Waals surface area contributed by atoms with E-state index >= 15 is 0 Å². The van der Waals surface area contributed by atoms with Crippen LogP contribution in [0.5, 0.6) is 0 Å². The zero-order chi connectivity index (χ0) is 8.48. The molecule has 0 N–H and O–H groups in total. The lowest BCUT2D eigenvalue weighted by molar-refractivity contribution is -0.284. The van der Waals surface area contributed by atoms with Crippen molar-refractivity contribution in [2.75, 3.05) is 0 Å². The molecule has 1 fully saturated rings. The lowest BCUT2D eigenvalue weighted by Gasteiger charge is -2.37. The van der Waals surface area contributed by atoms with Gasteiger partial charge < -0.3 is 9.47 Å². The Kier molecular flexibility index (Phi) is 2.22. The van der Waals surface area contributed by atoms with Crippen molar-refractivity contribution in [3.63, 3.8) is 0 Å². The molecule has 2 atom stereocenters. The summed E-state index contributed by atoms with van der Waals surface area (Å²) in [5.74, 6) is 2.07. The summed E-state index contributed by atoms with van der Waals surface area (Å²) < 4.78 is 10.9. The monoisotopic (exact) mass is 154 g/mol. The zero-order valence-corrected chi connectivity index (χ0v) is 7.26. The Bertz CT molecular complexity index is 178. The van der Waals surface area contributed by atoms with Gasteiger partial charge in [0.15, 0.2) is 5.79 Å². The maximum Gasteiger partial charge on any atom is 0.164 e. The van der Waals surface area contributed by atoms with E-state index in [9.17, 15) is 0 Å². The molecule has 0 aromatic rings. The predicted octanol–water partition coefficient (Wildman–Crippen LogP) is 1.55. The molecule has 1 heterocycles. The molecule has 2 heteroatoms. The number of rotatable bonds is 0. The molecule has 2 nitrogen and oxygen atoms in total. The quantitative estimate of drug-likeness (QED) is 0.493. The molecule has 0 bridgehead atoms. The highest BCUT2D eigenvalue weighted by atomic mass is 16.7. The third-order valence-electron chi connectivity index (χ3n) is 1.64. The highest BCUT2D eigenvalue weighted by Gasteiger charge is 2.32. The van der Waals surface area contributed by atoms with Gasteiger partial charge >= 0.3 is 0 Å². The van der Waals surface area contributed by atoms with Crippen LogP contribution < -0.4 is 0 Å². The van der Waals surface area contributed by atoms with E-state index < -0.39 is 5.79 Å². The number of ether oxygens (including phenoxy) is 2. The van der Waals surface area contributed by atoms with E-state index in [1.165, 1.54) is 0 Å². The second kappa shape index (κ2) is 2.84. The van der Waals surface area contributed by atoms with Crippen LogP contribution in [0.4, 0.5) is 0 Å². The molecular weight excluding hydrogens is 140 g/mol. The van der Waals surface area contributed by atoms with Gasteiger partial charge in [-0.15, -0.1) is 6.42 Å². The van der Waals surface area contributed by atoms with Crippen LogP contribution in [0.3, 0.4) is 0 Å². The van der Waals surface area contributed by atoms with Gasteiger partial charge in [-0.1, -0.05) is 5.92 Å². The van der Waals surface area contributed by atoms with Crippen LogP contribution in [0.1, 0.15) is 27.2 Å². The smallest absolute Gasteiger partial charge is 0.164 e. The number of hydrogen-bond donors (Lipinski definition) is 0. The maximum absolute atomic E-state index is 5.49. The molecule has 0 aromatic carbocycles. The summed E-state index contributed by atoms with van der Waals surface area (Å²) in [7, 11) is 0. The fourth-order valence-electron chi connectivity index (χ4n) is 1.35. The fraction of sp³-hybridized carbons (Fsp3) is 0.778. The summed E-state index contributed by atoms with van der Waals surface area (Å²) >= 11 is 0. The Morgan fingerprint density at radius 3 is 2.55 bits per heavy atom. The molecule has 0 aliphatic carbocycles. The maximum atomic E-state index is 5.49. The van der Waals surface area contributed by atoms with Crippen molar-refractivity contribution in [2.24, 2.45) is 0 Å². The molecule has 62 valence electrons. The van der Waals surface area contributed by atoms with Crippen LogP contribution in [-0.4, -0.2) is 18.0 Å². The Hall–Kier alpha value is -0.520. The molecule has 1 rings (SSSR count). The molecule has 1 aliphatic heterocycles. The largest absolute Gasteiger partial charge is 0.347 e. The predicted molar refractivity (Wildman–Crippen MR) is 42.9 cm³/mol. The van der Waals surface area contributed by atoms with Crippen molar-refractivity contribution in [1.82, 2.24) is 0 Å². The Balaban J connectivity index is 2.60. The van der Waals surface area contributed by atoms with E-state index in [0.717, 1.165) is 6.42 Å². The van der Waals surface area contributed by atoms with Crippen molar-refractivity contribution >= 4 is 0 Å². The first-order valence-electron chi connectivity index (χ1n) is 3.85. The van der Waals surface area contributed by atoms with Crippen molar-refractivity contribution in [2.45, 2.75) is 45.2 Å². The van der Waals surface area contributed by atoms with Crippen molar-refractivity contribution < 1.29 is 9.47 Å². The number of hydrogen-bond acceptors (Lipinski definition) is 2. The normalized spacial score (nSPS) is 36.2. The molecule has 0 radical (unpaired) electrons. The van der Waals surface area contributed by atoms with Gasteiger partial charge in [0.05, 0.1) is 6.10 Å². The highest BCUT2D eigenvalue weighted by Crippen LogP contribution is 2.25. The van der Waals surface area contributed by atoms with Gasteiger partial charge in [-0.05, 0) is 20.8 Å². The standard InChI is InChI=1S/C9H14O2/c1-5-8-6-7(2)10-9(3,4)11-8/h1,7-8H,6H2,2-4H3/t7-,8-/m1/s1. The van der Waals surface area contributed by atoms with Crippen LogP contribution in [0.15, 0.2) is 0 Å². The molecular formula is C9H14O2. The summed E-state index contributed by atoms with van der Waals surface area (Å²) in [5.41, 5.74) is 0. The molecule has 0 saturated carbocycles.